The predicted molar refractivity (Wildman–Crippen MR) is 71.5 cm³/mol. The third-order valence-corrected chi connectivity index (χ3v) is 3.74. The third kappa shape index (κ3) is 2.17. The van der Waals surface area contributed by atoms with Gasteiger partial charge in [0.2, 0.25) is 0 Å². The minimum atomic E-state index is 0.741. The fourth-order valence-electron chi connectivity index (χ4n) is 2.57. The van der Waals surface area contributed by atoms with Crippen LogP contribution in [-0.4, -0.2) is 14.8 Å². The van der Waals surface area contributed by atoms with Gasteiger partial charge in [0.15, 0.2) is 0 Å². The van der Waals surface area contributed by atoms with Gasteiger partial charge in [-0.05, 0) is 24.8 Å². The molecule has 3 rings (SSSR count). The second kappa shape index (κ2) is 4.56. The van der Waals surface area contributed by atoms with Crippen LogP contribution in [0.1, 0.15) is 36.1 Å². The van der Waals surface area contributed by atoms with Crippen LogP contribution in [0.25, 0.3) is 0 Å². The Bertz CT molecular complexity index is 539. The van der Waals surface area contributed by atoms with Gasteiger partial charge in [-0.25, -0.2) is 0 Å². The van der Waals surface area contributed by atoms with Gasteiger partial charge in [0.25, 0.3) is 0 Å². The van der Waals surface area contributed by atoms with Crippen molar-refractivity contribution in [3.63, 3.8) is 0 Å². The lowest BCUT2D eigenvalue weighted by Gasteiger charge is -2.20. The fraction of sp³-hybridized carbons (Fsp3) is 0.467. The van der Waals surface area contributed by atoms with Gasteiger partial charge in [0.1, 0.15) is 11.6 Å². The van der Waals surface area contributed by atoms with Crippen molar-refractivity contribution >= 4 is 0 Å². The van der Waals surface area contributed by atoms with Crippen LogP contribution < -0.4 is 0 Å². The van der Waals surface area contributed by atoms with Gasteiger partial charge in [-0.1, -0.05) is 36.8 Å². The van der Waals surface area contributed by atoms with E-state index in [-0.39, 0.29) is 0 Å². The highest BCUT2D eigenvalue weighted by atomic mass is 15.3. The topological polar surface area (TPSA) is 30.7 Å². The van der Waals surface area contributed by atoms with Crippen molar-refractivity contribution in [2.45, 2.75) is 39.7 Å². The molecular weight excluding hydrogens is 222 g/mol. The normalized spacial score (nSPS) is 18.7. The molecule has 94 valence electrons. The largest absolute Gasteiger partial charge is 0.314 e. The molecule has 0 saturated heterocycles. The van der Waals surface area contributed by atoms with Crippen molar-refractivity contribution < 1.29 is 0 Å². The molecule has 18 heavy (non-hydrogen) atoms. The quantitative estimate of drug-likeness (QED) is 0.809. The van der Waals surface area contributed by atoms with Gasteiger partial charge >= 0.3 is 0 Å². The van der Waals surface area contributed by atoms with Crippen LogP contribution >= 0.6 is 0 Å². The standard InChI is InChI=1S/C15H19N3/c1-11-3-6-13(7-4-11)9-15-17-16-14-8-5-12(2)10-18(14)15/h3-4,6-7,12H,5,8-10H2,1-2H3. The fourth-order valence-corrected chi connectivity index (χ4v) is 2.57. The summed E-state index contributed by atoms with van der Waals surface area (Å²) in [5.41, 5.74) is 2.62. The van der Waals surface area contributed by atoms with Crippen molar-refractivity contribution in [3.05, 3.63) is 47.0 Å². The predicted octanol–water partition coefficient (Wildman–Crippen LogP) is 2.76. The lowest BCUT2D eigenvalue weighted by Crippen LogP contribution is -2.20. The molecule has 3 heteroatoms. The Morgan fingerprint density at radius 2 is 2.00 bits per heavy atom. The van der Waals surface area contributed by atoms with Crippen LogP contribution in [0, 0.1) is 12.8 Å². The van der Waals surface area contributed by atoms with Crippen LogP contribution in [0.5, 0.6) is 0 Å². The lowest BCUT2D eigenvalue weighted by molar-refractivity contribution is 0.387. The van der Waals surface area contributed by atoms with Crippen molar-refractivity contribution in [1.82, 2.24) is 14.8 Å². The molecule has 1 aromatic carbocycles. The molecule has 0 bridgehead atoms. The molecule has 2 heterocycles. The molecule has 0 aliphatic carbocycles. The van der Waals surface area contributed by atoms with E-state index in [0.717, 1.165) is 37.0 Å². The summed E-state index contributed by atoms with van der Waals surface area (Å²) in [6.07, 6.45) is 3.20. The maximum Gasteiger partial charge on any atom is 0.137 e. The second-order valence-electron chi connectivity index (χ2n) is 5.45. The summed E-state index contributed by atoms with van der Waals surface area (Å²) in [7, 11) is 0. The Morgan fingerprint density at radius 1 is 1.22 bits per heavy atom. The summed E-state index contributed by atoms with van der Waals surface area (Å²) in [6, 6.07) is 8.68. The summed E-state index contributed by atoms with van der Waals surface area (Å²) in [4.78, 5) is 0. The number of hydrogen-bond acceptors (Lipinski definition) is 2. The molecule has 0 fully saturated rings. The van der Waals surface area contributed by atoms with Gasteiger partial charge in [0, 0.05) is 19.4 Å². The molecule has 1 aliphatic heterocycles. The Kier molecular flexibility index (Phi) is 2.90. The maximum atomic E-state index is 4.36. The van der Waals surface area contributed by atoms with Crippen molar-refractivity contribution in [3.8, 4) is 0 Å². The van der Waals surface area contributed by atoms with Gasteiger partial charge in [-0.2, -0.15) is 0 Å². The number of fused-ring (bicyclic) bond motifs is 1. The first-order chi connectivity index (χ1) is 8.72. The van der Waals surface area contributed by atoms with Crippen LogP contribution in [-0.2, 0) is 19.4 Å². The van der Waals surface area contributed by atoms with Crippen molar-refractivity contribution in [2.24, 2.45) is 5.92 Å². The molecule has 1 unspecified atom stereocenters. The average molecular weight is 241 g/mol. The van der Waals surface area contributed by atoms with Gasteiger partial charge in [0.05, 0.1) is 0 Å². The smallest absolute Gasteiger partial charge is 0.137 e. The maximum absolute atomic E-state index is 4.36. The number of aryl methyl sites for hydroxylation is 2. The Hall–Kier alpha value is -1.64. The SMILES string of the molecule is Cc1ccc(Cc2nnc3n2CC(C)CC3)cc1. The van der Waals surface area contributed by atoms with Gasteiger partial charge in [-0.3, -0.25) is 0 Å². The second-order valence-corrected chi connectivity index (χ2v) is 5.45. The number of nitrogens with zero attached hydrogens (tertiary/aromatic N) is 3. The molecule has 0 amide bonds. The van der Waals surface area contributed by atoms with E-state index in [9.17, 15) is 0 Å². The van der Waals surface area contributed by atoms with Gasteiger partial charge in [-0.15, -0.1) is 10.2 Å². The van der Waals surface area contributed by atoms with Crippen LogP contribution in [0.2, 0.25) is 0 Å². The monoisotopic (exact) mass is 241 g/mol. The highest BCUT2D eigenvalue weighted by Crippen LogP contribution is 2.20. The highest BCUT2D eigenvalue weighted by molar-refractivity contribution is 5.24. The van der Waals surface area contributed by atoms with E-state index in [2.05, 4.69) is 52.9 Å². The van der Waals surface area contributed by atoms with E-state index in [4.69, 9.17) is 0 Å². The van der Waals surface area contributed by atoms with E-state index in [1.54, 1.807) is 0 Å². The van der Waals surface area contributed by atoms with Crippen LogP contribution in [0.3, 0.4) is 0 Å². The van der Waals surface area contributed by atoms with E-state index >= 15 is 0 Å². The van der Waals surface area contributed by atoms with Crippen LogP contribution in [0.15, 0.2) is 24.3 Å². The first-order valence-electron chi connectivity index (χ1n) is 6.69. The number of benzene rings is 1. The minimum absolute atomic E-state index is 0.741. The molecule has 2 aromatic rings. The Morgan fingerprint density at radius 3 is 2.78 bits per heavy atom. The summed E-state index contributed by atoms with van der Waals surface area (Å²) < 4.78 is 2.31. The zero-order valence-electron chi connectivity index (χ0n) is 11.1. The van der Waals surface area contributed by atoms with Gasteiger partial charge < -0.3 is 4.57 Å². The highest BCUT2D eigenvalue weighted by Gasteiger charge is 2.19. The summed E-state index contributed by atoms with van der Waals surface area (Å²) in [5, 5.41) is 8.68. The lowest BCUT2D eigenvalue weighted by atomic mass is 10.0. The molecule has 0 spiro atoms. The number of hydrogen-bond donors (Lipinski definition) is 0. The van der Waals surface area contributed by atoms with Crippen LogP contribution in [0.4, 0.5) is 0 Å². The van der Waals surface area contributed by atoms with E-state index in [0.29, 0.717) is 0 Å². The summed E-state index contributed by atoms with van der Waals surface area (Å²) in [5.74, 6) is 3.01. The van der Waals surface area contributed by atoms with E-state index < -0.39 is 0 Å². The Labute approximate surface area is 108 Å². The van der Waals surface area contributed by atoms with E-state index in [1.165, 1.54) is 17.5 Å². The zero-order valence-corrected chi connectivity index (χ0v) is 11.1. The molecule has 1 aliphatic rings. The summed E-state index contributed by atoms with van der Waals surface area (Å²) in [6.45, 7) is 5.49. The molecule has 1 atom stereocenters. The molecule has 0 radical (unpaired) electrons. The first kappa shape index (κ1) is 11.5. The molecular formula is C15H19N3. The Balaban J connectivity index is 1.85. The number of aromatic nitrogens is 3. The summed E-state index contributed by atoms with van der Waals surface area (Å²) >= 11 is 0. The molecule has 0 N–H and O–H groups in total. The average Bonchev–Trinajstić information content (AvgIpc) is 2.75. The van der Waals surface area contributed by atoms with Crippen molar-refractivity contribution in [1.29, 1.82) is 0 Å². The van der Waals surface area contributed by atoms with Crippen molar-refractivity contribution in [2.75, 3.05) is 0 Å². The molecule has 3 nitrogen and oxygen atoms in total. The molecule has 1 aromatic heterocycles. The number of rotatable bonds is 2. The minimum Gasteiger partial charge on any atom is -0.314 e. The van der Waals surface area contributed by atoms with E-state index in [1.807, 2.05) is 0 Å². The third-order valence-electron chi connectivity index (χ3n) is 3.74. The zero-order chi connectivity index (χ0) is 12.5. The molecule has 0 saturated carbocycles. The first-order valence-corrected chi connectivity index (χ1v) is 6.69.